The van der Waals surface area contributed by atoms with E-state index in [1.807, 2.05) is 0 Å². The fraction of sp³-hybridized carbons (Fsp3) is 0.200. The van der Waals surface area contributed by atoms with Crippen molar-refractivity contribution in [3.63, 3.8) is 0 Å². The Morgan fingerprint density at radius 2 is 1.74 bits per heavy atom. The molecule has 0 radical (unpaired) electrons. The van der Waals surface area contributed by atoms with Crippen LogP contribution < -0.4 is 22.1 Å². The number of nitrogens with two attached hydrogens (primary N) is 3. The number of hydrogen-bond donors (Lipinski definition) is 4. The van der Waals surface area contributed by atoms with Crippen LogP contribution in [0, 0.1) is 0 Å². The zero-order valence-corrected chi connectivity index (χ0v) is 9.87. The van der Waals surface area contributed by atoms with Gasteiger partial charge in [0, 0.05) is 0 Å². The van der Waals surface area contributed by atoms with E-state index in [1.54, 1.807) is 0 Å². The van der Waals surface area contributed by atoms with Gasteiger partial charge in [0.2, 0.25) is 11.8 Å². The highest BCUT2D eigenvalue weighted by molar-refractivity contribution is 5.94. The van der Waals surface area contributed by atoms with Crippen molar-refractivity contribution in [1.82, 2.24) is 4.98 Å². The molecule has 0 aromatic carbocycles. The van der Waals surface area contributed by atoms with Crippen LogP contribution in [0.1, 0.15) is 10.4 Å². The Balaban J connectivity index is 3.14. The van der Waals surface area contributed by atoms with E-state index in [1.165, 1.54) is 0 Å². The second kappa shape index (κ2) is 5.67. The van der Waals surface area contributed by atoms with Crippen LogP contribution in [0.2, 0.25) is 0 Å². The quantitative estimate of drug-likeness (QED) is 0.468. The normalized spacial score (nSPS) is 9.89. The van der Waals surface area contributed by atoms with Gasteiger partial charge >= 0.3 is 5.97 Å². The fourth-order valence-corrected chi connectivity index (χ4v) is 1.41. The van der Waals surface area contributed by atoms with Crippen molar-refractivity contribution in [3.8, 4) is 0 Å². The molecule has 9 nitrogen and oxygen atoms in total. The molecule has 0 aliphatic heterocycles. The summed E-state index contributed by atoms with van der Waals surface area (Å²) in [7, 11) is 0. The van der Waals surface area contributed by atoms with Crippen molar-refractivity contribution < 1.29 is 19.5 Å². The van der Waals surface area contributed by atoms with Gasteiger partial charge in [-0.15, -0.1) is 0 Å². The van der Waals surface area contributed by atoms with Crippen LogP contribution in [0.3, 0.4) is 0 Å². The summed E-state index contributed by atoms with van der Waals surface area (Å²) in [6, 6.07) is 1.14. The van der Waals surface area contributed by atoms with Crippen molar-refractivity contribution in [2.24, 2.45) is 11.5 Å². The lowest BCUT2D eigenvalue weighted by Crippen LogP contribution is -2.40. The molecule has 19 heavy (non-hydrogen) atoms. The van der Waals surface area contributed by atoms with E-state index in [-0.39, 0.29) is 30.2 Å². The number of carbonyl (C=O) groups is 3. The van der Waals surface area contributed by atoms with Crippen LogP contribution in [-0.4, -0.2) is 41.0 Å². The maximum Gasteiger partial charge on any atom is 0.337 e. The number of anilines is 2. The van der Waals surface area contributed by atoms with E-state index in [9.17, 15) is 14.4 Å². The lowest BCUT2D eigenvalue weighted by atomic mass is 10.2. The van der Waals surface area contributed by atoms with Crippen LogP contribution in [-0.2, 0) is 9.59 Å². The highest BCUT2D eigenvalue weighted by Gasteiger charge is 2.17. The number of aromatic carboxylic acids is 1. The van der Waals surface area contributed by atoms with Crippen LogP contribution in [0.4, 0.5) is 11.5 Å². The molecule has 0 bridgehead atoms. The molecular formula is C10H13N5O4. The Morgan fingerprint density at radius 3 is 2.16 bits per heavy atom. The molecule has 0 aliphatic rings. The molecule has 9 heteroatoms. The molecule has 102 valence electrons. The number of rotatable bonds is 6. The Kier molecular flexibility index (Phi) is 4.24. The number of amides is 2. The number of primary amides is 2. The molecule has 0 fully saturated rings. The monoisotopic (exact) mass is 267 g/mol. The van der Waals surface area contributed by atoms with Gasteiger partial charge in [-0.05, 0) is 6.07 Å². The van der Waals surface area contributed by atoms with Crippen LogP contribution in [0.25, 0.3) is 0 Å². The molecule has 0 saturated heterocycles. The fourth-order valence-electron chi connectivity index (χ4n) is 1.41. The van der Waals surface area contributed by atoms with Gasteiger partial charge in [-0.2, -0.15) is 0 Å². The molecule has 1 rings (SSSR count). The van der Waals surface area contributed by atoms with Crippen molar-refractivity contribution in [2.75, 3.05) is 23.7 Å². The van der Waals surface area contributed by atoms with E-state index >= 15 is 0 Å². The Bertz CT molecular complexity index is 515. The van der Waals surface area contributed by atoms with Gasteiger partial charge in [0.25, 0.3) is 0 Å². The molecule has 0 saturated carbocycles. The number of nitrogens with zero attached hydrogens (tertiary/aromatic N) is 2. The molecule has 0 spiro atoms. The van der Waals surface area contributed by atoms with Gasteiger partial charge < -0.3 is 27.2 Å². The van der Waals surface area contributed by atoms with Gasteiger partial charge in [0.05, 0.1) is 30.5 Å². The summed E-state index contributed by atoms with van der Waals surface area (Å²) in [6.07, 6.45) is 1.12. The SMILES string of the molecule is NC(=O)CN(CC(N)=O)c1cc(C(=O)O)c(N)cn1. The minimum atomic E-state index is -1.25. The third-order valence-electron chi connectivity index (χ3n) is 2.17. The van der Waals surface area contributed by atoms with Crippen LogP contribution in [0.5, 0.6) is 0 Å². The van der Waals surface area contributed by atoms with Gasteiger partial charge in [0.15, 0.2) is 0 Å². The number of pyridine rings is 1. The summed E-state index contributed by atoms with van der Waals surface area (Å²) in [6.45, 7) is -0.641. The van der Waals surface area contributed by atoms with E-state index < -0.39 is 17.8 Å². The largest absolute Gasteiger partial charge is 0.478 e. The third kappa shape index (κ3) is 3.84. The molecule has 2 amide bonds. The predicted molar refractivity (Wildman–Crippen MR) is 66.2 cm³/mol. The van der Waals surface area contributed by atoms with Gasteiger partial charge in [-0.1, -0.05) is 0 Å². The molecule has 0 unspecified atom stereocenters. The highest BCUT2D eigenvalue weighted by Crippen LogP contribution is 2.17. The molecule has 1 heterocycles. The molecule has 0 atom stereocenters. The predicted octanol–water partition coefficient (Wildman–Crippen LogP) is -1.86. The van der Waals surface area contributed by atoms with Gasteiger partial charge in [-0.3, -0.25) is 9.59 Å². The first-order chi connectivity index (χ1) is 8.81. The first-order valence-electron chi connectivity index (χ1n) is 5.11. The van der Waals surface area contributed by atoms with E-state index in [0.29, 0.717) is 0 Å². The van der Waals surface area contributed by atoms with Crippen molar-refractivity contribution in [1.29, 1.82) is 0 Å². The van der Waals surface area contributed by atoms with E-state index in [4.69, 9.17) is 22.3 Å². The highest BCUT2D eigenvalue weighted by atomic mass is 16.4. The first-order valence-corrected chi connectivity index (χ1v) is 5.11. The zero-order valence-electron chi connectivity index (χ0n) is 9.87. The molecular weight excluding hydrogens is 254 g/mol. The van der Waals surface area contributed by atoms with Crippen LogP contribution >= 0.6 is 0 Å². The minimum absolute atomic E-state index is 0.0330. The summed E-state index contributed by atoms with van der Waals surface area (Å²) in [5, 5.41) is 8.93. The molecule has 1 aromatic heterocycles. The Labute approximate surface area is 108 Å². The van der Waals surface area contributed by atoms with Gasteiger partial charge in [-0.25, -0.2) is 9.78 Å². The van der Waals surface area contributed by atoms with Crippen LogP contribution in [0.15, 0.2) is 12.3 Å². The topological polar surface area (TPSA) is 166 Å². The number of carboxylic acid groups (broad SMARTS) is 1. The summed E-state index contributed by atoms with van der Waals surface area (Å²) in [5.41, 5.74) is 15.3. The first kappa shape index (κ1) is 14.2. The number of carbonyl (C=O) groups excluding carboxylic acids is 2. The third-order valence-corrected chi connectivity index (χ3v) is 2.17. The summed E-state index contributed by atoms with van der Waals surface area (Å²) in [5.74, 6) is -2.60. The molecule has 1 aromatic rings. The zero-order chi connectivity index (χ0) is 14.6. The second-order valence-corrected chi connectivity index (χ2v) is 3.72. The smallest absolute Gasteiger partial charge is 0.337 e. The second-order valence-electron chi connectivity index (χ2n) is 3.72. The van der Waals surface area contributed by atoms with Crippen molar-refractivity contribution in [3.05, 3.63) is 17.8 Å². The van der Waals surface area contributed by atoms with Crippen molar-refractivity contribution >= 4 is 29.3 Å². The minimum Gasteiger partial charge on any atom is -0.478 e. The number of nitrogen functional groups attached to an aromatic ring is 1. The lowest BCUT2D eigenvalue weighted by Gasteiger charge is -2.20. The molecule has 0 aliphatic carbocycles. The average Bonchev–Trinajstić information content (AvgIpc) is 2.27. The number of carboxylic acids is 1. The van der Waals surface area contributed by atoms with Gasteiger partial charge in [0.1, 0.15) is 5.82 Å². The maximum absolute atomic E-state index is 10.9. The Hall–Kier alpha value is -2.84. The maximum atomic E-state index is 10.9. The lowest BCUT2D eigenvalue weighted by molar-refractivity contribution is -0.117. The standard InChI is InChI=1S/C10H13N5O4/c11-6-2-14-9(1-5(6)10(18)19)15(3-7(12)16)4-8(13)17/h1-2H,3-4,11H2,(H2,12,16)(H2,13,17)(H,18,19). The summed E-state index contributed by atoms with van der Waals surface area (Å²) in [4.78, 5) is 37.8. The van der Waals surface area contributed by atoms with Crippen molar-refractivity contribution in [2.45, 2.75) is 0 Å². The Morgan fingerprint density at radius 1 is 1.21 bits per heavy atom. The number of aromatic nitrogens is 1. The van der Waals surface area contributed by atoms with E-state index in [2.05, 4.69) is 4.98 Å². The summed E-state index contributed by atoms with van der Waals surface area (Å²) < 4.78 is 0. The van der Waals surface area contributed by atoms with E-state index in [0.717, 1.165) is 17.2 Å². The molecule has 7 N–H and O–H groups in total. The average molecular weight is 267 g/mol. The summed E-state index contributed by atoms with van der Waals surface area (Å²) >= 11 is 0. The number of hydrogen-bond acceptors (Lipinski definition) is 6.